The first-order chi connectivity index (χ1) is 21.9. The second-order valence-electron chi connectivity index (χ2n) is 10.8. The predicted molar refractivity (Wildman–Crippen MR) is 177 cm³/mol. The summed E-state index contributed by atoms with van der Waals surface area (Å²) in [6, 6.07) is 27.7. The average Bonchev–Trinajstić information content (AvgIpc) is 3.37. The van der Waals surface area contributed by atoms with Gasteiger partial charge < -0.3 is 9.47 Å². The van der Waals surface area contributed by atoms with Crippen LogP contribution in [0.4, 0.5) is 5.69 Å². The first-order valence-electron chi connectivity index (χ1n) is 14.3. The molecule has 10 heteroatoms. The van der Waals surface area contributed by atoms with E-state index in [-0.39, 0.29) is 23.9 Å². The van der Waals surface area contributed by atoms with Crippen LogP contribution in [0.5, 0.6) is 11.5 Å². The number of rotatable bonds is 7. The number of benzene rings is 4. The summed E-state index contributed by atoms with van der Waals surface area (Å²) >= 11 is 4.91. The molecule has 0 amide bonds. The minimum Gasteiger partial charge on any atom is -0.496 e. The van der Waals surface area contributed by atoms with Crippen LogP contribution in [0.3, 0.4) is 0 Å². The largest absolute Gasteiger partial charge is 0.496 e. The summed E-state index contributed by atoms with van der Waals surface area (Å²) in [5.41, 5.74) is 6.70. The Labute approximate surface area is 270 Å². The fraction of sp³-hybridized carbons (Fsp3) is 0.143. The van der Waals surface area contributed by atoms with Crippen molar-refractivity contribution >= 4 is 44.7 Å². The summed E-state index contributed by atoms with van der Waals surface area (Å²) in [4.78, 5) is 30.6. The van der Waals surface area contributed by atoms with Crippen LogP contribution in [-0.4, -0.2) is 16.6 Å². The lowest BCUT2D eigenvalue weighted by Gasteiger charge is -2.31. The predicted octanol–water partition coefficient (Wildman–Crippen LogP) is 6.58. The maximum absolute atomic E-state index is 14.3. The van der Waals surface area contributed by atoms with Gasteiger partial charge in [0, 0.05) is 33.3 Å². The molecule has 1 aromatic heterocycles. The molecule has 1 aliphatic carbocycles. The van der Waals surface area contributed by atoms with Gasteiger partial charge in [-0.25, -0.2) is 4.99 Å². The molecule has 0 spiro atoms. The van der Waals surface area contributed by atoms with Gasteiger partial charge in [-0.1, -0.05) is 69.7 Å². The Hall–Kier alpha value is -4.80. The number of allylic oxidation sites excluding steroid dienone is 1. The number of hydrogen-bond donors (Lipinski definition) is 0. The summed E-state index contributed by atoms with van der Waals surface area (Å²) in [7, 11) is 1.65. The Balaban J connectivity index is 1.35. The van der Waals surface area contributed by atoms with E-state index in [0.717, 1.165) is 56.6 Å². The third-order valence-corrected chi connectivity index (χ3v) is 9.58. The number of fused-ring (bicyclic) bond motifs is 3. The number of halogens is 1. The van der Waals surface area contributed by atoms with Gasteiger partial charge in [-0.15, -0.1) is 0 Å². The van der Waals surface area contributed by atoms with E-state index in [1.165, 1.54) is 29.0 Å². The van der Waals surface area contributed by atoms with Crippen molar-refractivity contribution in [2.24, 2.45) is 4.99 Å². The van der Waals surface area contributed by atoms with Crippen molar-refractivity contribution in [2.45, 2.75) is 25.5 Å². The molecule has 45 heavy (non-hydrogen) atoms. The van der Waals surface area contributed by atoms with Crippen LogP contribution in [-0.2, 0) is 13.0 Å². The zero-order valence-electron chi connectivity index (χ0n) is 24.1. The molecule has 1 aliphatic heterocycles. The van der Waals surface area contributed by atoms with E-state index in [9.17, 15) is 14.9 Å². The molecule has 4 aromatic carbocycles. The van der Waals surface area contributed by atoms with Gasteiger partial charge in [-0.2, -0.15) is 0 Å². The highest BCUT2D eigenvalue weighted by Crippen LogP contribution is 2.43. The first-order valence-corrected chi connectivity index (χ1v) is 15.9. The van der Waals surface area contributed by atoms with E-state index in [2.05, 4.69) is 34.1 Å². The molecular weight excluding hydrogens is 654 g/mol. The number of aryl methyl sites for hydroxylation is 1. The van der Waals surface area contributed by atoms with E-state index >= 15 is 0 Å². The van der Waals surface area contributed by atoms with E-state index in [4.69, 9.17) is 14.5 Å². The number of nitro benzene ring substituents is 1. The van der Waals surface area contributed by atoms with Crippen molar-refractivity contribution in [1.82, 2.24) is 4.57 Å². The molecule has 0 fully saturated rings. The number of nitro groups is 1. The molecule has 0 N–H and O–H groups in total. The van der Waals surface area contributed by atoms with E-state index < -0.39 is 4.92 Å². The minimum absolute atomic E-state index is 0.0232. The van der Waals surface area contributed by atoms with Crippen LogP contribution in [0.1, 0.15) is 40.3 Å². The average molecular weight is 681 g/mol. The minimum atomic E-state index is -0.430. The topological polar surface area (TPSA) is 96.0 Å². The van der Waals surface area contributed by atoms with Gasteiger partial charge in [-0.3, -0.25) is 19.5 Å². The van der Waals surface area contributed by atoms with Crippen LogP contribution in [0.15, 0.2) is 111 Å². The Bertz CT molecular complexity index is 2190. The van der Waals surface area contributed by atoms with Gasteiger partial charge in [0.25, 0.3) is 11.2 Å². The fourth-order valence-corrected chi connectivity index (χ4v) is 7.34. The molecule has 224 valence electrons. The number of methoxy groups -OCH3 is 1. The van der Waals surface area contributed by atoms with E-state index in [1.54, 1.807) is 23.8 Å². The summed E-state index contributed by atoms with van der Waals surface area (Å²) in [6.45, 7) is 0.210. The molecule has 7 rings (SSSR count). The molecular formula is C35H26BrN3O5S. The van der Waals surface area contributed by atoms with Crippen molar-refractivity contribution < 1.29 is 14.4 Å². The second kappa shape index (κ2) is 11.9. The lowest BCUT2D eigenvalue weighted by atomic mass is 9.83. The van der Waals surface area contributed by atoms with Gasteiger partial charge in [0.05, 0.1) is 28.3 Å². The number of non-ortho nitro benzene ring substituents is 1. The molecule has 0 unspecified atom stereocenters. The molecule has 0 bridgehead atoms. The molecule has 1 atom stereocenters. The first kappa shape index (κ1) is 28.9. The normalized spacial score (nSPS) is 15.5. The Kier molecular flexibility index (Phi) is 7.68. The summed E-state index contributed by atoms with van der Waals surface area (Å²) in [6.07, 6.45) is 3.50. The zero-order chi connectivity index (χ0) is 31.1. The molecule has 0 saturated carbocycles. The van der Waals surface area contributed by atoms with Crippen molar-refractivity contribution in [2.75, 3.05) is 7.11 Å². The summed E-state index contributed by atoms with van der Waals surface area (Å²) in [5, 5.41) is 11.0. The molecule has 0 radical (unpaired) electrons. The summed E-state index contributed by atoms with van der Waals surface area (Å²) < 4.78 is 15.1. The van der Waals surface area contributed by atoms with Crippen molar-refractivity contribution in [3.8, 4) is 11.5 Å². The van der Waals surface area contributed by atoms with Crippen molar-refractivity contribution in [3.63, 3.8) is 0 Å². The Morgan fingerprint density at radius 3 is 2.60 bits per heavy atom. The molecule has 2 heterocycles. The van der Waals surface area contributed by atoms with Gasteiger partial charge in [-0.05, 0) is 72.0 Å². The number of hydrogen-bond acceptors (Lipinski definition) is 7. The highest BCUT2D eigenvalue weighted by molar-refractivity contribution is 9.10. The highest BCUT2D eigenvalue weighted by atomic mass is 79.9. The Morgan fingerprint density at radius 2 is 1.80 bits per heavy atom. The maximum atomic E-state index is 14.3. The van der Waals surface area contributed by atoms with Crippen LogP contribution >= 0.6 is 27.3 Å². The molecule has 2 aliphatic rings. The SMILES string of the molecule is COc1ccccc1[C@H]1C2=C(N=c3s/c(=C/c4cc(Br)ccc4OCc4ccc([N+](=O)[O-])cc4)c(=O)n31)c1ccccc1CC2. The van der Waals surface area contributed by atoms with Crippen molar-refractivity contribution in [3.05, 3.63) is 159 Å². The smallest absolute Gasteiger partial charge is 0.271 e. The number of nitrogens with zero attached hydrogens (tertiary/aromatic N) is 3. The standard InChI is InChI=1S/C35H26BrN3O5S/c1-43-30-9-5-4-8-27(30)33-28-16-12-22-6-2-3-7-26(22)32(28)37-35-38(33)34(40)31(45-35)19-23-18-24(36)13-17-29(23)44-20-21-10-14-25(15-11-21)39(41)42/h2-11,13-15,17-19,33H,12,16,20H2,1H3/b31-19+/t33-/m0/s1. The van der Waals surface area contributed by atoms with E-state index in [1.807, 2.05) is 54.6 Å². The third-order valence-electron chi connectivity index (χ3n) is 8.11. The van der Waals surface area contributed by atoms with Gasteiger partial charge >= 0.3 is 0 Å². The second-order valence-corrected chi connectivity index (χ2v) is 12.7. The van der Waals surface area contributed by atoms with Gasteiger partial charge in [0.1, 0.15) is 18.1 Å². The number of ether oxygens (including phenoxy) is 2. The number of para-hydroxylation sites is 1. The lowest BCUT2D eigenvalue weighted by Crippen LogP contribution is -2.39. The summed E-state index contributed by atoms with van der Waals surface area (Å²) in [5.74, 6) is 1.30. The van der Waals surface area contributed by atoms with Crippen LogP contribution in [0, 0.1) is 10.1 Å². The van der Waals surface area contributed by atoms with Crippen molar-refractivity contribution in [1.29, 1.82) is 0 Å². The van der Waals surface area contributed by atoms with Gasteiger partial charge in [0.2, 0.25) is 0 Å². The van der Waals surface area contributed by atoms with Crippen LogP contribution < -0.4 is 24.4 Å². The zero-order valence-corrected chi connectivity index (χ0v) is 26.5. The third kappa shape index (κ3) is 5.40. The molecule has 8 nitrogen and oxygen atoms in total. The van der Waals surface area contributed by atoms with Crippen LogP contribution in [0.2, 0.25) is 0 Å². The van der Waals surface area contributed by atoms with E-state index in [0.29, 0.717) is 15.1 Å². The molecule has 0 saturated heterocycles. The van der Waals surface area contributed by atoms with Crippen LogP contribution in [0.25, 0.3) is 11.8 Å². The number of thiazole rings is 1. The molecule has 5 aromatic rings. The lowest BCUT2D eigenvalue weighted by molar-refractivity contribution is -0.384. The monoisotopic (exact) mass is 679 g/mol. The van der Waals surface area contributed by atoms with Gasteiger partial charge in [0.15, 0.2) is 4.80 Å². The number of aromatic nitrogens is 1. The highest BCUT2D eigenvalue weighted by Gasteiger charge is 2.34. The fourth-order valence-electron chi connectivity index (χ4n) is 5.97. The quantitative estimate of drug-likeness (QED) is 0.143. The maximum Gasteiger partial charge on any atom is 0.271 e. The Morgan fingerprint density at radius 1 is 1.02 bits per heavy atom.